The Balaban J connectivity index is 2.52. The molecule has 1 rings (SSSR count). The highest BCUT2D eigenvalue weighted by Crippen LogP contribution is 2.10. The van der Waals surface area contributed by atoms with Crippen LogP contribution < -0.4 is 5.32 Å². The van der Waals surface area contributed by atoms with E-state index in [2.05, 4.69) is 5.32 Å². The van der Waals surface area contributed by atoms with Gasteiger partial charge in [0.1, 0.15) is 0 Å². The highest BCUT2D eigenvalue weighted by atomic mass is 32.2. The summed E-state index contributed by atoms with van der Waals surface area (Å²) in [6.45, 7) is 6.67. The van der Waals surface area contributed by atoms with Gasteiger partial charge in [-0.25, -0.2) is 17.5 Å². The fourth-order valence-corrected chi connectivity index (χ4v) is 3.85. The Morgan fingerprint density at radius 1 is 1.10 bits per heavy atom. The zero-order chi connectivity index (χ0) is 15.0. The molecule has 2 amide bonds. The molecule has 7 heteroatoms. The van der Waals surface area contributed by atoms with Crippen molar-refractivity contribution >= 4 is 16.1 Å². The van der Waals surface area contributed by atoms with Crippen molar-refractivity contribution in [3.05, 3.63) is 0 Å². The molecule has 1 aliphatic heterocycles. The molecule has 0 aromatic carbocycles. The van der Waals surface area contributed by atoms with Gasteiger partial charge < -0.3 is 10.2 Å². The van der Waals surface area contributed by atoms with Gasteiger partial charge >= 0.3 is 6.03 Å². The molecule has 0 bridgehead atoms. The minimum atomic E-state index is -3.16. The number of urea groups is 1. The minimum Gasteiger partial charge on any atom is -0.338 e. The van der Waals surface area contributed by atoms with Gasteiger partial charge in [0, 0.05) is 32.7 Å². The second kappa shape index (κ2) is 8.46. The van der Waals surface area contributed by atoms with Crippen molar-refractivity contribution < 1.29 is 13.2 Å². The molecule has 1 aliphatic rings. The number of nitrogens with one attached hydrogen (secondary N) is 1. The third kappa shape index (κ3) is 5.28. The number of rotatable bonds is 6. The zero-order valence-corrected chi connectivity index (χ0v) is 13.4. The van der Waals surface area contributed by atoms with Crippen LogP contribution in [0.1, 0.15) is 39.5 Å². The fraction of sp³-hybridized carbons (Fsp3) is 0.923. The quantitative estimate of drug-likeness (QED) is 0.803. The van der Waals surface area contributed by atoms with Crippen LogP contribution in [-0.4, -0.2) is 62.1 Å². The number of carbonyl (C=O) groups excluding carboxylic acids is 1. The summed E-state index contributed by atoms with van der Waals surface area (Å²) in [6.07, 6.45) is 3.17. The van der Waals surface area contributed by atoms with Crippen molar-refractivity contribution in [3.63, 3.8) is 0 Å². The lowest BCUT2D eigenvalue weighted by atomic mass is 10.4. The summed E-state index contributed by atoms with van der Waals surface area (Å²) in [5.74, 6) is 0.214. The van der Waals surface area contributed by atoms with Crippen molar-refractivity contribution in [2.24, 2.45) is 0 Å². The summed E-state index contributed by atoms with van der Waals surface area (Å²) < 4.78 is 25.8. The fourth-order valence-electron chi connectivity index (χ4n) is 2.17. The lowest BCUT2D eigenvalue weighted by Crippen LogP contribution is -2.43. The normalized spacial score (nSPS) is 17.8. The first-order valence-corrected chi connectivity index (χ1v) is 9.12. The molecule has 1 fully saturated rings. The molecule has 1 heterocycles. The Labute approximate surface area is 122 Å². The summed E-state index contributed by atoms with van der Waals surface area (Å²) in [7, 11) is -3.16. The van der Waals surface area contributed by atoms with E-state index in [1.165, 1.54) is 4.31 Å². The van der Waals surface area contributed by atoms with Gasteiger partial charge in [-0.15, -0.1) is 0 Å². The molecule has 0 aromatic heterocycles. The van der Waals surface area contributed by atoms with Crippen LogP contribution in [0.25, 0.3) is 0 Å². The Morgan fingerprint density at radius 2 is 1.85 bits per heavy atom. The molecular weight excluding hydrogens is 278 g/mol. The molecule has 20 heavy (non-hydrogen) atoms. The van der Waals surface area contributed by atoms with Crippen LogP contribution in [0.2, 0.25) is 0 Å². The smallest absolute Gasteiger partial charge is 0.317 e. The third-order valence-corrected chi connectivity index (χ3v) is 5.37. The van der Waals surface area contributed by atoms with E-state index >= 15 is 0 Å². The Bertz CT molecular complexity index is 398. The second-order valence-corrected chi connectivity index (χ2v) is 7.23. The zero-order valence-electron chi connectivity index (χ0n) is 12.6. The first-order chi connectivity index (χ1) is 9.51. The van der Waals surface area contributed by atoms with Crippen molar-refractivity contribution in [1.82, 2.24) is 14.5 Å². The average molecular weight is 305 g/mol. The van der Waals surface area contributed by atoms with Crippen LogP contribution >= 0.6 is 0 Å². The molecule has 6 nitrogen and oxygen atoms in total. The van der Waals surface area contributed by atoms with E-state index in [0.29, 0.717) is 45.6 Å². The predicted octanol–water partition coefficient (Wildman–Crippen LogP) is 1.24. The van der Waals surface area contributed by atoms with Gasteiger partial charge in [0.25, 0.3) is 0 Å². The van der Waals surface area contributed by atoms with Crippen LogP contribution in [0, 0.1) is 0 Å². The van der Waals surface area contributed by atoms with E-state index < -0.39 is 10.0 Å². The van der Waals surface area contributed by atoms with Crippen LogP contribution in [0.5, 0.6) is 0 Å². The number of nitrogens with zero attached hydrogens (tertiary/aromatic N) is 2. The maximum Gasteiger partial charge on any atom is 0.317 e. The molecule has 1 N–H and O–H groups in total. The van der Waals surface area contributed by atoms with Gasteiger partial charge in [-0.3, -0.25) is 0 Å². The van der Waals surface area contributed by atoms with Gasteiger partial charge in [0.15, 0.2) is 0 Å². The minimum absolute atomic E-state index is 0.0837. The topological polar surface area (TPSA) is 69.7 Å². The second-order valence-electron chi connectivity index (χ2n) is 5.14. The van der Waals surface area contributed by atoms with E-state index in [0.717, 1.165) is 12.8 Å². The third-order valence-electron chi connectivity index (χ3n) is 3.42. The number of unbranched alkanes of at least 4 members (excludes halogenated alkanes) is 1. The Kier molecular flexibility index (Phi) is 7.29. The van der Waals surface area contributed by atoms with E-state index in [-0.39, 0.29) is 11.8 Å². The van der Waals surface area contributed by atoms with Crippen molar-refractivity contribution in [2.75, 3.05) is 38.5 Å². The maximum absolute atomic E-state index is 12.2. The first-order valence-electron chi connectivity index (χ1n) is 7.51. The Hall–Kier alpha value is -0.820. The number of carbonyl (C=O) groups is 1. The lowest BCUT2D eigenvalue weighted by Gasteiger charge is -2.22. The van der Waals surface area contributed by atoms with E-state index in [1.807, 2.05) is 13.8 Å². The van der Waals surface area contributed by atoms with Crippen molar-refractivity contribution in [3.8, 4) is 0 Å². The number of sulfonamides is 1. The van der Waals surface area contributed by atoms with Gasteiger partial charge in [-0.05, 0) is 19.3 Å². The summed E-state index contributed by atoms with van der Waals surface area (Å²) in [5.41, 5.74) is 0. The highest BCUT2D eigenvalue weighted by Gasteiger charge is 2.26. The van der Waals surface area contributed by atoms with Crippen LogP contribution in [-0.2, 0) is 10.0 Å². The molecule has 0 aromatic rings. The first kappa shape index (κ1) is 17.2. The molecule has 0 atom stereocenters. The molecule has 0 aliphatic carbocycles. The molecule has 0 radical (unpaired) electrons. The summed E-state index contributed by atoms with van der Waals surface area (Å²) in [5, 5.41) is 2.84. The Morgan fingerprint density at radius 3 is 2.50 bits per heavy atom. The van der Waals surface area contributed by atoms with E-state index in [9.17, 15) is 13.2 Å². The maximum atomic E-state index is 12.2. The molecule has 0 saturated carbocycles. The SMILES string of the molecule is CCCCS(=O)(=O)N1CCCN(C(=O)NCCC)CC1. The predicted molar refractivity (Wildman–Crippen MR) is 80.1 cm³/mol. The van der Waals surface area contributed by atoms with Gasteiger partial charge in [-0.1, -0.05) is 20.3 Å². The largest absolute Gasteiger partial charge is 0.338 e. The number of hydrogen-bond acceptors (Lipinski definition) is 3. The highest BCUT2D eigenvalue weighted by molar-refractivity contribution is 7.89. The van der Waals surface area contributed by atoms with E-state index in [4.69, 9.17) is 0 Å². The van der Waals surface area contributed by atoms with Gasteiger partial charge in [-0.2, -0.15) is 0 Å². The number of hydrogen-bond donors (Lipinski definition) is 1. The summed E-state index contributed by atoms with van der Waals surface area (Å²) in [4.78, 5) is 13.6. The monoisotopic (exact) mass is 305 g/mol. The van der Waals surface area contributed by atoms with Crippen LogP contribution in [0.3, 0.4) is 0 Å². The number of amides is 2. The molecular formula is C13H27N3O3S. The van der Waals surface area contributed by atoms with Crippen molar-refractivity contribution in [1.29, 1.82) is 0 Å². The molecule has 1 saturated heterocycles. The van der Waals surface area contributed by atoms with Crippen LogP contribution in [0.4, 0.5) is 4.79 Å². The van der Waals surface area contributed by atoms with E-state index in [1.54, 1.807) is 4.90 Å². The molecule has 118 valence electrons. The lowest BCUT2D eigenvalue weighted by molar-refractivity contribution is 0.200. The van der Waals surface area contributed by atoms with Gasteiger partial charge in [0.2, 0.25) is 10.0 Å². The molecule has 0 unspecified atom stereocenters. The van der Waals surface area contributed by atoms with Gasteiger partial charge in [0.05, 0.1) is 5.75 Å². The summed E-state index contributed by atoms with van der Waals surface area (Å²) in [6, 6.07) is -0.0837. The standard InChI is InChI=1S/C13H27N3O3S/c1-3-5-12-20(18,19)16-9-6-8-15(10-11-16)13(17)14-7-4-2/h3-12H2,1-2H3,(H,14,17). The van der Waals surface area contributed by atoms with Crippen LogP contribution in [0.15, 0.2) is 0 Å². The average Bonchev–Trinajstić information content (AvgIpc) is 2.69. The molecule has 0 spiro atoms. The summed E-state index contributed by atoms with van der Waals surface area (Å²) >= 11 is 0. The van der Waals surface area contributed by atoms with Crippen molar-refractivity contribution in [2.45, 2.75) is 39.5 Å².